The summed E-state index contributed by atoms with van der Waals surface area (Å²) in [7, 11) is 0. The summed E-state index contributed by atoms with van der Waals surface area (Å²) >= 11 is 12.3. The quantitative estimate of drug-likeness (QED) is 0.410. The van der Waals surface area contributed by atoms with Gasteiger partial charge in [0, 0.05) is 48.1 Å². The number of hydrogen-bond acceptors (Lipinski definition) is 4. The number of carbonyl (C=O) groups is 1. The molecule has 0 unspecified atom stereocenters. The average molecular weight is 467 g/mol. The molecule has 0 N–H and O–H groups in total. The summed E-state index contributed by atoms with van der Waals surface area (Å²) < 4.78 is 1.43. The highest BCUT2D eigenvalue weighted by atomic mass is 35.5. The number of nitrogens with zero attached hydrogens (tertiary/aromatic N) is 4. The maximum absolute atomic E-state index is 13.4. The molecule has 3 heterocycles. The number of aromatic nitrogens is 2. The van der Waals surface area contributed by atoms with Crippen molar-refractivity contribution in [2.24, 2.45) is 0 Å². The number of benzene rings is 2. The van der Waals surface area contributed by atoms with Gasteiger partial charge in [-0.1, -0.05) is 29.3 Å². The second-order valence-electron chi connectivity index (χ2n) is 7.90. The lowest BCUT2D eigenvalue weighted by atomic mass is 10.1. The van der Waals surface area contributed by atoms with Gasteiger partial charge in [-0.2, -0.15) is 0 Å². The normalized spacial score (nSPS) is 14.3. The van der Waals surface area contributed by atoms with Gasteiger partial charge in [-0.25, -0.2) is 4.98 Å². The molecular formula is C24H20Cl2N4O2. The Hall–Kier alpha value is -3.09. The van der Waals surface area contributed by atoms with E-state index >= 15 is 0 Å². The molecule has 0 bridgehead atoms. The number of carbonyl (C=O) groups excluding carboxylic acids is 1. The minimum absolute atomic E-state index is 0.140. The minimum atomic E-state index is -0.224. The van der Waals surface area contributed by atoms with E-state index in [2.05, 4.69) is 16.8 Å². The zero-order chi connectivity index (χ0) is 22.4. The highest BCUT2D eigenvalue weighted by Crippen LogP contribution is 2.26. The van der Waals surface area contributed by atoms with Crippen LogP contribution in [-0.2, 0) is 0 Å². The molecule has 0 aliphatic carbocycles. The zero-order valence-corrected chi connectivity index (χ0v) is 18.9. The fourth-order valence-electron chi connectivity index (χ4n) is 4.21. The molecule has 0 saturated carbocycles. The highest BCUT2D eigenvalue weighted by Gasteiger charge is 2.25. The standard InChI is InChI=1S/C24H20Cl2N4O2/c1-15-4-5-17(26)14-21(15)28-9-11-29(12-10-28)23(31)19-3-2-8-30-22(19)27-20-13-16(25)6-7-18(20)24(30)32/h2-8,13-14H,9-12H2,1H3. The second-order valence-corrected chi connectivity index (χ2v) is 8.78. The monoisotopic (exact) mass is 466 g/mol. The Kier molecular flexibility index (Phi) is 5.27. The molecule has 1 aliphatic rings. The summed E-state index contributed by atoms with van der Waals surface area (Å²) in [5, 5.41) is 1.65. The van der Waals surface area contributed by atoms with E-state index in [0.29, 0.717) is 58.3 Å². The highest BCUT2D eigenvalue weighted by molar-refractivity contribution is 6.31. The third kappa shape index (κ3) is 3.59. The van der Waals surface area contributed by atoms with Crippen LogP contribution >= 0.6 is 23.2 Å². The number of pyridine rings is 1. The second kappa shape index (κ2) is 8.11. The number of piperazine rings is 1. The first-order valence-corrected chi connectivity index (χ1v) is 11.1. The number of hydrogen-bond donors (Lipinski definition) is 0. The van der Waals surface area contributed by atoms with Gasteiger partial charge in [0.15, 0.2) is 5.65 Å². The van der Waals surface area contributed by atoms with Crippen molar-refractivity contribution in [1.29, 1.82) is 0 Å². The van der Waals surface area contributed by atoms with Gasteiger partial charge in [0.1, 0.15) is 0 Å². The van der Waals surface area contributed by atoms with Gasteiger partial charge in [-0.15, -0.1) is 0 Å². The molecule has 0 atom stereocenters. The van der Waals surface area contributed by atoms with Crippen molar-refractivity contribution in [3.63, 3.8) is 0 Å². The Bertz CT molecular complexity index is 1430. The molecule has 0 radical (unpaired) electrons. The summed E-state index contributed by atoms with van der Waals surface area (Å²) in [6, 6.07) is 14.2. The average Bonchev–Trinajstić information content (AvgIpc) is 2.80. The fourth-order valence-corrected chi connectivity index (χ4v) is 4.54. The van der Waals surface area contributed by atoms with E-state index < -0.39 is 0 Å². The molecule has 0 spiro atoms. The van der Waals surface area contributed by atoms with Crippen LogP contribution in [0, 0.1) is 6.92 Å². The predicted molar refractivity (Wildman–Crippen MR) is 128 cm³/mol. The number of fused-ring (bicyclic) bond motifs is 2. The lowest BCUT2D eigenvalue weighted by Gasteiger charge is -2.37. The maximum atomic E-state index is 13.4. The largest absolute Gasteiger partial charge is 0.368 e. The molecule has 4 aromatic rings. The summed E-state index contributed by atoms with van der Waals surface area (Å²) in [5.74, 6) is -0.140. The smallest absolute Gasteiger partial charge is 0.265 e. The lowest BCUT2D eigenvalue weighted by Crippen LogP contribution is -2.49. The number of rotatable bonds is 2. The van der Waals surface area contributed by atoms with E-state index in [-0.39, 0.29) is 11.5 Å². The maximum Gasteiger partial charge on any atom is 0.265 e. The SMILES string of the molecule is Cc1ccc(Cl)cc1N1CCN(C(=O)c2cccn3c(=O)c4ccc(Cl)cc4nc23)CC1. The van der Waals surface area contributed by atoms with Crippen molar-refractivity contribution in [1.82, 2.24) is 14.3 Å². The molecule has 162 valence electrons. The van der Waals surface area contributed by atoms with Crippen LogP contribution in [0.3, 0.4) is 0 Å². The Morgan fingerprint density at radius 1 is 0.969 bits per heavy atom. The molecule has 2 aromatic heterocycles. The van der Waals surface area contributed by atoms with Crippen LogP contribution in [0.4, 0.5) is 5.69 Å². The number of aryl methyl sites for hydroxylation is 1. The van der Waals surface area contributed by atoms with E-state index in [1.165, 1.54) is 4.40 Å². The van der Waals surface area contributed by atoms with Crippen LogP contribution in [0.5, 0.6) is 0 Å². The zero-order valence-electron chi connectivity index (χ0n) is 17.4. The van der Waals surface area contributed by atoms with E-state index in [1.807, 2.05) is 18.2 Å². The van der Waals surface area contributed by atoms with Gasteiger partial charge < -0.3 is 9.80 Å². The fraction of sp³-hybridized carbons (Fsp3) is 0.208. The molecular weight excluding hydrogens is 447 g/mol. The molecule has 5 rings (SSSR count). The van der Waals surface area contributed by atoms with Gasteiger partial charge in [-0.3, -0.25) is 14.0 Å². The van der Waals surface area contributed by atoms with E-state index in [0.717, 1.165) is 11.3 Å². The van der Waals surface area contributed by atoms with Crippen molar-refractivity contribution in [3.8, 4) is 0 Å². The van der Waals surface area contributed by atoms with Crippen LogP contribution in [0.1, 0.15) is 15.9 Å². The van der Waals surface area contributed by atoms with Crippen molar-refractivity contribution < 1.29 is 4.79 Å². The van der Waals surface area contributed by atoms with E-state index in [1.54, 1.807) is 41.4 Å². The number of halogens is 2. The molecule has 32 heavy (non-hydrogen) atoms. The molecule has 1 saturated heterocycles. The van der Waals surface area contributed by atoms with Crippen molar-refractivity contribution in [3.05, 3.63) is 86.3 Å². The Morgan fingerprint density at radius 2 is 1.69 bits per heavy atom. The molecule has 2 aromatic carbocycles. The molecule has 1 amide bonds. The first-order chi connectivity index (χ1) is 15.4. The van der Waals surface area contributed by atoms with Crippen LogP contribution in [0.25, 0.3) is 16.6 Å². The molecule has 6 nitrogen and oxygen atoms in total. The third-order valence-corrected chi connectivity index (χ3v) is 6.38. The van der Waals surface area contributed by atoms with Crippen molar-refractivity contribution in [2.45, 2.75) is 6.92 Å². The number of anilines is 1. The first kappa shape index (κ1) is 20.8. The topological polar surface area (TPSA) is 57.9 Å². The summed E-state index contributed by atoms with van der Waals surface area (Å²) in [5.41, 5.74) is 3.23. The summed E-state index contributed by atoms with van der Waals surface area (Å²) in [6.45, 7) is 4.58. The first-order valence-electron chi connectivity index (χ1n) is 10.3. The van der Waals surface area contributed by atoms with E-state index in [4.69, 9.17) is 23.2 Å². The number of amides is 1. The van der Waals surface area contributed by atoms with Gasteiger partial charge in [-0.05, 0) is 55.0 Å². The minimum Gasteiger partial charge on any atom is -0.368 e. The Balaban J connectivity index is 1.46. The van der Waals surface area contributed by atoms with Crippen LogP contribution < -0.4 is 10.5 Å². The predicted octanol–water partition coefficient (Wildman–Crippen LogP) is 4.43. The van der Waals surface area contributed by atoms with Gasteiger partial charge in [0.05, 0.1) is 16.5 Å². The van der Waals surface area contributed by atoms with Gasteiger partial charge >= 0.3 is 0 Å². The third-order valence-electron chi connectivity index (χ3n) is 5.91. The van der Waals surface area contributed by atoms with Gasteiger partial charge in [0.25, 0.3) is 11.5 Å². The van der Waals surface area contributed by atoms with Crippen molar-refractivity contribution in [2.75, 3.05) is 31.1 Å². The van der Waals surface area contributed by atoms with Crippen LogP contribution in [0.15, 0.2) is 59.5 Å². The summed E-state index contributed by atoms with van der Waals surface area (Å²) in [4.78, 5) is 35.0. The van der Waals surface area contributed by atoms with E-state index in [9.17, 15) is 9.59 Å². The van der Waals surface area contributed by atoms with Crippen LogP contribution in [0.2, 0.25) is 10.0 Å². The molecule has 8 heteroatoms. The van der Waals surface area contributed by atoms with Crippen LogP contribution in [-0.4, -0.2) is 46.4 Å². The Morgan fingerprint density at radius 3 is 2.47 bits per heavy atom. The van der Waals surface area contributed by atoms with Crippen molar-refractivity contribution >= 4 is 51.3 Å². The molecule has 1 aliphatic heterocycles. The lowest BCUT2D eigenvalue weighted by molar-refractivity contribution is 0.0748. The summed E-state index contributed by atoms with van der Waals surface area (Å²) in [6.07, 6.45) is 1.63. The van der Waals surface area contributed by atoms with Gasteiger partial charge in [0.2, 0.25) is 0 Å². The Labute approximate surface area is 194 Å². The molecule has 1 fully saturated rings.